The van der Waals surface area contributed by atoms with Crippen molar-refractivity contribution in [3.05, 3.63) is 42.5 Å². The van der Waals surface area contributed by atoms with Crippen molar-refractivity contribution in [2.75, 3.05) is 39.1 Å². The number of hydrogen-bond acceptors (Lipinski definition) is 11. The number of esters is 1. The molecule has 0 saturated heterocycles. The maximum absolute atomic E-state index is 11.3. The van der Waals surface area contributed by atoms with Gasteiger partial charge in [-0.3, -0.25) is 0 Å². The van der Waals surface area contributed by atoms with E-state index in [9.17, 15) is 4.79 Å². The van der Waals surface area contributed by atoms with Crippen LogP contribution in [-0.2, 0) is 14.3 Å². The van der Waals surface area contributed by atoms with Gasteiger partial charge in [-0.15, -0.1) is 5.10 Å². The first-order chi connectivity index (χ1) is 17.8. The van der Waals surface area contributed by atoms with Crippen LogP contribution >= 0.6 is 11.3 Å². The van der Waals surface area contributed by atoms with E-state index in [1.807, 2.05) is 18.2 Å². The number of para-hydroxylation sites is 1. The van der Waals surface area contributed by atoms with Crippen molar-refractivity contribution in [2.45, 2.75) is 25.7 Å². The predicted octanol–water partition coefficient (Wildman–Crippen LogP) is 5.36. The monoisotopic (exact) mass is 542 g/mol. The van der Waals surface area contributed by atoms with Gasteiger partial charge in [0.1, 0.15) is 23.7 Å². The van der Waals surface area contributed by atoms with E-state index in [4.69, 9.17) is 23.6 Å². The first kappa shape index (κ1) is 26.6. The summed E-state index contributed by atoms with van der Waals surface area (Å²) >= 11 is 1.49. The van der Waals surface area contributed by atoms with Gasteiger partial charge in [-0.2, -0.15) is 0 Å². The van der Waals surface area contributed by atoms with Gasteiger partial charge in [0.2, 0.25) is 5.89 Å². The lowest BCUT2D eigenvalue weighted by Gasteiger charge is -2.19. The second-order valence-electron chi connectivity index (χ2n) is 9.36. The average Bonchev–Trinajstić information content (AvgIpc) is 3.54. The maximum Gasteiger partial charge on any atom is 0.343 e. The summed E-state index contributed by atoms with van der Waals surface area (Å²) in [7, 11) is 1.69. The van der Waals surface area contributed by atoms with Crippen molar-refractivity contribution in [1.29, 1.82) is 0 Å². The highest BCUT2D eigenvalue weighted by Gasteiger charge is 2.23. The summed E-state index contributed by atoms with van der Waals surface area (Å²) in [5.41, 5.74) is 1.47. The van der Waals surface area contributed by atoms with Crippen molar-refractivity contribution in [3.8, 4) is 23.0 Å². The fourth-order valence-corrected chi connectivity index (χ4v) is 4.98. The Balaban J connectivity index is 1.57. The first-order valence-corrected chi connectivity index (χ1v) is 16.2. The van der Waals surface area contributed by atoms with E-state index in [-0.39, 0.29) is 19.4 Å². The van der Waals surface area contributed by atoms with E-state index in [0.29, 0.717) is 34.7 Å². The van der Waals surface area contributed by atoms with Gasteiger partial charge in [0, 0.05) is 20.2 Å². The average molecular weight is 543 g/mol. The van der Waals surface area contributed by atoms with Crippen LogP contribution in [0.4, 0.5) is 11.1 Å². The second kappa shape index (κ2) is 11.7. The van der Waals surface area contributed by atoms with E-state index < -0.39 is 14.0 Å². The van der Waals surface area contributed by atoms with E-state index in [1.165, 1.54) is 18.4 Å². The molecule has 0 radical (unpaired) electrons. The van der Waals surface area contributed by atoms with E-state index in [0.717, 1.165) is 16.3 Å². The Labute approximate surface area is 220 Å². The highest BCUT2D eigenvalue weighted by atomic mass is 32.1. The van der Waals surface area contributed by atoms with Gasteiger partial charge in [0.15, 0.2) is 11.7 Å². The van der Waals surface area contributed by atoms with Gasteiger partial charge in [-0.25, -0.2) is 14.7 Å². The molecule has 0 spiro atoms. The Morgan fingerprint density at radius 2 is 1.86 bits per heavy atom. The molecule has 0 bridgehead atoms. The molecule has 0 saturated carbocycles. The van der Waals surface area contributed by atoms with E-state index in [1.54, 1.807) is 36.3 Å². The SMILES string of the molecule is COC(=O)COc1ccc(-c2nnc(N(COCC[Si](C)(C)C)c3nc4c(OC)cccc4s3)o2)cc1. The van der Waals surface area contributed by atoms with Gasteiger partial charge >= 0.3 is 12.0 Å². The molecule has 0 unspecified atom stereocenters. The highest BCUT2D eigenvalue weighted by Crippen LogP contribution is 2.37. The molecule has 0 N–H and O–H groups in total. The van der Waals surface area contributed by atoms with Crippen LogP contribution in [0.5, 0.6) is 11.5 Å². The third-order valence-electron chi connectivity index (χ3n) is 5.37. The molecule has 37 heavy (non-hydrogen) atoms. The number of carbonyl (C=O) groups excluding carboxylic acids is 1. The number of nitrogens with zero attached hydrogens (tertiary/aromatic N) is 4. The molecule has 4 aromatic rings. The Morgan fingerprint density at radius 3 is 2.57 bits per heavy atom. The Kier molecular flexibility index (Phi) is 8.41. The topological polar surface area (TPSA) is 109 Å². The largest absolute Gasteiger partial charge is 0.494 e. The number of anilines is 2. The molecular formula is C25H30N4O6SSi. The minimum Gasteiger partial charge on any atom is -0.494 e. The van der Waals surface area contributed by atoms with Gasteiger partial charge in [-0.05, 0) is 42.4 Å². The number of ether oxygens (including phenoxy) is 4. The van der Waals surface area contributed by atoms with Gasteiger partial charge in [0.05, 0.1) is 18.9 Å². The molecule has 0 amide bonds. The molecule has 0 aliphatic heterocycles. The van der Waals surface area contributed by atoms with Crippen molar-refractivity contribution in [3.63, 3.8) is 0 Å². The zero-order chi connectivity index (χ0) is 26.4. The van der Waals surface area contributed by atoms with Crippen LogP contribution in [0.15, 0.2) is 46.9 Å². The Hall–Kier alpha value is -3.48. The molecule has 196 valence electrons. The summed E-state index contributed by atoms with van der Waals surface area (Å²) in [5.74, 6) is 1.10. The molecule has 4 rings (SSSR count). The van der Waals surface area contributed by atoms with Gasteiger partial charge in [-0.1, -0.05) is 42.1 Å². The minimum absolute atomic E-state index is 0.167. The van der Waals surface area contributed by atoms with Crippen LogP contribution in [-0.4, -0.2) is 63.4 Å². The molecule has 0 aliphatic rings. The number of thiazole rings is 1. The fraction of sp³-hybridized carbons (Fsp3) is 0.360. The van der Waals surface area contributed by atoms with Crippen LogP contribution < -0.4 is 14.4 Å². The fourth-order valence-electron chi connectivity index (χ4n) is 3.25. The Morgan fingerprint density at radius 1 is 1.08 bits per heavy atom. The van der Waals surface area contributed by atoms with Crippen LogP contribution in [0.3, 0.4) is 0 Å². The summed E-state index contributed by atoms with van der Waals surface area (Å²) < 4.78 is 28.5. The lowest BCUT2D eigenvalue weighted by molar-refractivity contribution is -0.142. The predicted molar refractivity (Wildman–Crippen MR) is 145 cm³/mol. The molecule has 12 heteroatoms. The van der Waals surface area contributed by atoms with Crippen molar-refractivity contribution >= 4 is 46.7 Å². The number of carbonyl (C=O) groups is 1. The number of benzene rings is 2. The lowest BCUT2D eigenvalue weighted by Crippen LogP contribution is -2.25. The van der Waals surface area contributed by atoms with Crippen LogP contribution in [0.1, 0.15) is 0 Å². The molecule has 0 atom stereocenters. The third-order valence-corrected chi connectivity index (χ3v) is 8.12. The lowest BCUT2D eigenvalue weighted by atomic mass is 10.2. The normalized spacial score (nSPS) is 11.5. The highest BCUT2D eigenvalue weighted by molar-refractivity contribution is 7.22. The van der Waals surface area contributed by atoms with E-state index >= 15 is 0 Å². The number of aromatic nitrogens is 3. The zero-order valence-corrected chi connectivity index (χ0v) is 23.3. The molecule has 0 aliphatic carbocycles. The van der Waals surface area contributed by atoms with Crippen molar-refractivity contribution < 1.29 is 28.2 Å². The van der Waals surface area contributed by atoms with Crippen LogP contribution in [0.2, 0.25) is 25.7 Å². The minimum atomic E-state index is -1.25. The molecule has 0 fully saturated rings. The van der Waals surface area contributed by atoms with Crippen LogP contribution in [0, 0.1) is 0 Å². The standard InChI is InChI=1S/C25H30N4O6SSi/c1-31-19-7-6-8-20-22(19)26-25(36-20)29(16-33-13-14-37(3,4)5)24-28-27-23(35-24)17-9-11-18(12-10-17)34-15-21(30)32-2/h6-12H,13-16H2,1-5H3. The Bertz CT molecular complexity index is 1340. The summed E-state index contributed by atoms with van der Waals surface area (Å²) in [4.78, 5) is 17.9. The van der Waals surface area contributed by atoms with Crippen molar-refractivity contribution in [1.82, 2.24) is 15.2 Å². The van der Waals surface area contributed by atoms with Crippen molar-refractivity contribution in [2.24, 2.45) is 0 Å². The maximum atomic E-state index is 11.3. The molecule has 2 aromatic carbocycles. The smallest absolute Gasteiger partial charge is 0.343 e. The molecule has 10 nitrogen and oxygen atoms in total. The quantitative estimate of drug-likeness (QED) is 0.100. The molecular weight excluding hydrogens is 512 g/mol. The summed E-state index contributed by atoms with van der Waals surface area (Å²) in [5, 5.41) is 9.18. The second-order valence-corrected chi connectivity index (χ2v) is 16.0. The number of methoxy groups -OCH3 is 2. The zero-order valence-electron chi connectivity index (χ0n) is 21.5. The number of fused-ring (bicyclic) bond motifs is 1. The van der Waals surface area contributed by atoms with E-state index in [2.05, 4.69) is 34.6 Å². The third kappa shape index (κ3) is 6.84. The summed E-state index contributed by atoms with van der Waals surface area (Å²) in [6.45, 7) is 7.61. The number of rotatable bonds is 12. The summed E-state index contributed by atoms with van der Waals surface area (Å²) in [6, 6.07) is 14.1. The first-order valence-electron chi connectivity index (χ1n) is 11.7. The van der Waals surface area contributed by atoms with Crippen LogP contribution in [0.25, 0.3) is 21.7 Å². The number of hydrogen-bond donors (Lipinski definition) is 0. The summed E-state index contributed by atoms with van der Waals surface area (Å²) in [6.07, 6.45) is 0. The van der Waals surface area contributed by atoms with Gasteiger partial charge < -0.3 is 23.4 Å². The van der Waals surface area contributed by atoms with Gasteiger partial charge in [0.25, 0.3) is 0 Å². The molecule has 2 aromatic heterocycles. The molecule has 2 heterocycles.